The molecule has 1 aromatic heterocycles. The van der Waals surface area contributed by atoms with Crippen molar-refractivity contribution in [1.29, 1.82) is 5.26 Å². The first-order valence-electron chi connectivity index (χ1n) is 9.25. The van der Waals surface area contributed by atoms with Crippen LogP contribution in [0.5, 0.6) is 11.5 Å². The standard InChI is InChI=1S/C23H24N2O2S/c1-3-25(15-19-7-4-6-18(12-19)14-24)16-20-9-10-22(23(13-20)26-2)27-17-21-8-5-11-28-21/h4-13H,3,15-17H2,1-2H3. The van der Waals surface area contributed by atoms with Crippen molar-refractivity contribution < 1.29 is 9.47 Å². The van der Waals surface area contributed by atoms with Crippen molar-refractivity contribution in [1.82, 2.24) is 4.90 Å². The number of methoxy groups -OCH3 is 1. The van der Waals surface area contributed by atoms with E-state index in [2.05, 4.69) is 36.1 Å². The highest BCUT2D eigenvalue weighted by atomic mass is 32.1. The number of ether oxygens (including phenoxy) is 2. The molecule has 4 nitrogen and oxygen atoms in total. The second-order valence-corrected chi connectivity index (χ2v) is 7.50. The van der Waals surface area contributed by atoms with E-state index in [1.54, 1.807) is 18.4 Å². The molecule has 0 unspecified atom stereocenters. The van der Waals surface area contributed by atoms with E-state index in [0.29, 0.717) is 12.2 Å². The highest BCUT2D eigenvalue weighted by Gasteiger charge is 2.10. The Morgan fingerprint density at radius 1 is 1.00 bits per heavy atom. The zero-order chi connectivity index (χ0) is 19.8. The third-order valence-corrected chi connectivity index (χ3v) is 5.34. The van der Waals surface area contributed by atoms with Crippen molar-refractivity contribution in [2.45, 2.75) is 26.6 Å². The lowest BCUT2D eigenvalue weighted by molar-refractivity contribution is 0.268. The molecule has 0 aliphatic rings. The van der Waals surface area contributed by atoms with Crippen molar-refractivity contribution in [2.75, 3.05) is 13.7 Å². The Morgan fingerprint density at radius 3 is 2.50 bits per heavy atom. The first kappa shape index (κ1) is 19.9. The van der Waals surface area contributed by atoms with Gasteiger partial charge >= 0.3 is 0 Å². The molecule has 144 valence electrons. The molecule has 0 spiro atoms. The summed E-state index contributed by atoms with van der Waals surface area (Å²) in [5.41, 5.74) is 3.00. The van der Waals surface area contributed by atoms with Crippen LogP contribution in [0.1, 0.15) is 28.5 Å². The first-order chi connectivity index (χ1) is 13.7. The predicted molar refractivity (Wildman–Crippen MR) is 113 cm³/mol. The number of benzene rings is 2. The largest absolute Gasteiger partial charge is 0.493 e. The summed E-state index contributed by atoms with van der Waals surface area (Å²) in [6.07, 6.45) is 0. The van der Waals surface area contributed by atoms with Gasteiger partial charge in [-0.25, -0.2) is 0 Å². The summed E-state index contributed by atoms with van der Waals surface area (Å²) in [6, 6.07) is 20.2. The summed E-state index contributed by atoms with van der Waals surface area (Å²) in [5, 5.41) is 11.1. The zero-order valence-electron chi connectivity index (χ0n) is 16.2. The van der Waals surface area contributed by atoms with E-state index in [9.17, 15) is 0 Å². The Kier molecular flexibility index (Phi) is 7.07. The Morgan fingerprint density at radius 2 is 1.82 bits per heavy atom. The molecule has 5 heteroatoms. The van der Waals surface area contributed by atoms with Crippen LogP contribution in [-0.2, 0) is 19.7 Å². The fourth-order valence-electron chi connectivity index (χ4n) is 3.01. The van der Waals surface area contributed by atoms with Gasteiger partial charge in [-0.1, -0.05) is 31.2 Å². The SMILES string of the molecule is CCN(Cc1cccc(C#N)c1)Cc1ccc(OCc2cccs2)c(OC)c1. The van der Waals surface area contributed by atoms with Gasteiger partial charge in [0.05, 0.1) is 18.7 Å². The molecule has 0 saturated heterocycles. The molecule has 0 amide bonds. The molecule has 28 heavy (non-hydrogen) atoms. The molecular formula is C23H24N2O2S. The second kappa shape index (κ2) is 9.93. The molecule has 2 aromatic carbocycles. The molecule has 0 saturated carbocycles. The van der Waals surface area contributed by atoms with Crippen molar-refractivity contribution in [3.63, 3.8) is 0 Å². The number of thiophene rings is 1. The molecule has 0 fully saturated rings. The van der Waals surface area contributed by atoms with Gasteiger partial charge in [0, 0.05) is 18.0 Å². The van der Waals surface area contributed by atoms with Crippen LogP contribution in [0.15, 0.2) is 60.0 Å². The van der Waals surface area contributed by atoms with Gasteiger partial charge in [-0.2, -0.15) is 5.26 Å². The van der Waals surface area contributed by atoms with E-state index in [4.69, 9.17) is 14.7 Å². The van der Waals surface area contributed by atoms with Crippen LogP contribution in [0, 0.1) is 11.3 Å². The maximum atomic E-state index is 9.09. The average molecular weight is 393 g/mol. The number of rotatable bonds is 9. The van der Waals surface area contributed by atoms with E-state index in [0.717, 1.165) is 36.7 Å². The Bertz CT molecular complexity index is 932. The van der Waals surface area contributed by atoms with E-state index < -0.39 is 0 Å². The molecule has 0 radical (unpaired) electrons. The molecular weight excluding hydrogens is 368 g/mol. The molecule has 3 aromatic rings. The van der Waals surface area contributed by atoms with Gasteiger partial charge in [0.15, 0.2) is 11.5 Å². The quantitative estimate of drug-likeness (QED) is 0.500. The van der Waals surface area contributed by atoms with Crippen molar-refractivity contribution in [3.05, 3.63) is 81.5 Å². The maximum absolute atomic E-state index is 9.09. The molecule has 1 heterocycles. The number of hydrogen-bond acceptors (Lipinski definition) is 5. The minimum Gasteiger partial charge on any atom is -0.493 e. The fraction of sp³-hybridized carbons (Fsp3) is 0.261. The van der Waals surface area contributed by atoms with Gasteiger partial charge in [-0.05, 0) is 53.4 Å². The second-order valence-electron chi connectivity index (χ2n) is 6.47. The lowest BCUT2D eigenvalue weighted by atomic mass is 10.1. The van der Waals surface area contributed by atoms with Crippen molar-refractivity contribution in [3.8, 4) is 17.6 Å². The predicted octanol–water partition coefficient (Wildman–Crippen LogP) is 5.23. The van der Waals surface area contributed by atoms with Gasteiger partial charge in [-0.15, -0.1) is 11.3 Å². The topological polar surface area (TPSA) is 45.5 Å². The summed E-state index contributed by atoms with van der Waals surface area (Å²) >= 11 is 1.68. The van der Waals surface area contributed by atoms with E-state index >= 15 is 0 Å². The van der Waals surface area contributed by atoms with E-state index in [1.165, 1.54) is 10.4 Å². The fourth-order valence-corrected chi connectivity index (χ4v) is 3.62. The van der Waals surface area contributed by atoms with Gasteiger partial charge in [0.2, 0.25) is 0 Å². The number of hydrogen-bond donors (Lipinski definition) is 0. The Balaban J connectivity index is 1.67. The van der Waals surface area contributed by atoms with Crippen LogP contribution in [0.25, 0.3) is 0 Å². The summed E-state index contributed by atoms with van der Waals surface area (Å²) < 4.78 is 11.5. The van der Waals surface area contributed by atoms with Crippen LogP contribution < -0.4 is 9.47 Å². The summed E-state index contributed by atoms with van der Waals surface area (Å²) in [6.45, 7) is 5.20. The summed E-state index contributed by atoms with van der Waals surface area (Å²) in [4.78, 5) is 3.51. The van der Waals surface area contributed by atoms with Crippen molar-refractivity contribution >= 4 is 11.3 Å². The lowest BCUT2D eigenvalue weighted by Gasteiger charge is -2.21. The van der Waals surface area contributed by atoms with Crippen molar-refractivity contribution in [2.24, 2.45) is 0 Å². The normalized spacial score (nSPS) is 10.6. The first-order valence-corrected chi connectivity index (χ1v) is 10.1. The van der Waals surface area contributed by atoms with Crippen LogP contribution in [0.4, 0.5) is 0 Å². The maximum Gasteiger partial charge on any atom is 0.161 e. The van der Waals surface area contributed by atoms with Crippen LogP contribution in [0.3, 0.4) is 0 Å². The Hall–Kier alpha value is -2.81. The molecule has 0 bridgehead atoms. The molecule has 0 aliphatic carbocycles. The van der Waals surface area contributed by atoms with Gasteiger partial charge < -0.3 is 9.47 Å². The number of nitriles is 1. The monoisotopic (exact) mass is 392 g/mol. The summed E-state index contributed by atoms with van der Waals surface area (Å²) in [5.74, 6) is 1.50. The lowest BCUT2D eigenvalue weighted by Crippen LogP contribution is -2.22. The van der Waals surface area contributed by atoms with E-state index in [1.807, 2.05) is 41.8 Å². The minimum atomic E-state index is 0.545. The van der Waals surface area contributed by atoms with Crippen LogP contribution >= 0.6 is 11.3 Å². The van der Waals surface area contributed by atoms with Crippen LogP contribution in [0.2, 0.25) is 0 Å². The van der Waals surface area contributed by atoms with E-state index in [-0.39, 0.29) is 0 Å². The average Bonchev–Trinajstić information content (AvgIpc) is 3.26. The molecule has 0 aliphatic heterocycles. The van der Waals surface area contributed by atoms with Gasteiger partial charge in [-0.3, -0.25) is 4.90 Å². The third kappa shape index (κ3) is 5.35. The van der Waals surface area contributed by atoms with Gasteiger partial charge in [0.1, 0.15) is 6.61 Å². The summed E-state index contributed by atoms with van der Waals surface area (Å²) in [7, 11) is 1.67. The minimum absolute atomic E-state index is 0.545. The Labute approximate surface area is 170 Å². The molecule has 0 N–H and O–H groups in total. The smallest absolute Gasteiger partial charge is 0.161 e. The zero-order valence-corrected chi connectivity index (χ0v) is 17.0. The van der Waals surface area contributed by atoms with Gasteiger partial charge in [0.25, 0.3) is 0 Å². The number of nitrogens with zero attached hydrogens (tertiary/aromatic N) is 2. The molecule has 3 rings (SSSR count). The molecule has 0 atom stereocenters. The highest BCUT2D eigenvalue weighted by Crippen LogP contribution is 2.30. The highest BCUT2D eigenvalue weighted by molar-refractivity contribution is 7.09. The third-order valence-electron chi connectivity index (χ3n) is 4.49. The van der Waals surface area contributed by atoms with Crippen LogP contribution in [-0.4, -0.2) is 18.6 Å².